The number of amides is 1. The van der Waals surface area contributed by atoms with Crippen molar-refractivity contribution in [3.8, 4) is 0 Å². The second-order valence-electron chi connectivity index (χ2n) is 8.21. The molecule has 0 aromatic carbocycles. The summed E-state index contributed by atoms with van der Waals surface area (Å²) in [6.45, 7) is 3.53. The molecule has 4 rings (SSSR count). The van der Waals surface area contributed by atoms with Crippen LogP contribution in [0.4, 0.5) is 0 Å². The molecule has 1 saturated carbocycles. The van der Waals surface area contributed by atoms with Crippen molar-refractivity contribution in [2.45, 2.75) is 51.1 Å². The van der Waals surface area contributed by atoms with Crippen LogP contribution in [0.15, 0.2) is 6.20 Å². The lowest BCUT2D eigenvalue weighted by atomic mass is 9.89. The van der Waals surface area contributed by atoms with Gasteiger partial charge in [0.05, 0.1) is 17.7 Å². The normalized spacial score (nSPS) is 27.1. The minimum absolute atomic E-state index is 0.0661. The van der Waals surface area contributed by atoms with E-state index in [2.05, 4.69) is 15.2 Å². The van der Waals surface area contributed by atoms with Crippen LogP contribution in [0.2, 0.25) is 0 Å². The van der Waals surface area contributed by atoms with Gasteiger partial charge in [0, 0.05) is 38.8 Å². The lowest BCUT2D eigenvalue weighted by molar-refractivity contribution is 0.0582. The molecule has 2 saturated heterocycles. The molecular formula is C18H29N5O3S. The van der Waals surface area contributed by atoms with Crippen molar-refractivity contribution >= 4 is 15.7 Å². The number of sulfone groups is 1. The van der Waals surface area contributed by atoms with Gasteiger partial charge in [0.1, 0.15) is 0 Å². The van der Waals surface area contributed by atoms with Gasteiger partial charge in [0.25, 0.3) is 5.91 Å². The molecule has 150 valence electrons. The molecule has 3 heterocycles. The number of carbonyl (C=O) groups is 1. The molecule has 1 aromatic rings. The zero-order valence-electron chi connectivity index (χ0n) is 15.8. The van der Waals surface area contributed by atoms with Crippen LogP contribution in [0, 0.1) is 5.92 Å². The van der Waals surface area contributed by atoms with Crippen LogP contribution >= 0.6 is 0 Å². The van der Waals surface area contributed by atoms with Gasteiger partial charge in [-0.1, -0.05) is 24.5 Å². The van der Waals surface area contributed by atoms with Crippen LogP contribution in [0.25, 0.3) is 0 Å². The Morgan fingerprint density at radius 1 is 1.07 bits per heavy atom. The Hall–Kier alpha value is -1.48. The molecule has 8 nitrogen and oxygen atoms in total. The molecule has 2 aliphatic heterocycles. The van der Waals surface area contributed by atoms with Gasteiger partial charge in [0.2, 0.25) is 0 Å². The predicted molar refractivity (Wildman–Crippen MR) is 101 cm³/mol. The Bertz CT molecular complexity index is 764. The summed E-state index contributed by atoms with van der Waals surface area (Å²) in [7, 11) is -2.87. The number of hydrogen-bond acceptors (Lipinski definition) is 6. The average molecular weight is 396 g/mol. The van der Waals surface area contributed by atoms with Gasteiger partial charge < -0.3 is 4.90 Å². The third kappa shape index (κ3) is 4.51. The molecule has 9 heteroatoms. The van der Waals surface area contributed by atoms with Crippen LogP contribution in [0.3, 0.4) is 0 Å². The number of rotatable bonds is 4. The van der Waals surface area contributed by atoms with E-state index in [1.807, 2.05) is 9.58 Å². The fourth-order valence-electron chi connectivity index (χ4n) is 4.64. The number of piperazine rings is 1. The van der Waals surface area contributed by atoms with E-state index >= 15 is 0 Å². The molecular weight excluding hydrogens is 366 g/mol. The fraction of sp³-hybridized carbons (Fsp3) is 0.833. The van der Waals surface area contributed by atoms with Crippen LogP contribution in [0.5, 0.6) is 0 Å². The summed E-state index contributed by atoms with van der Waals surface area (Å²) < 4.78 is 25.2. The van der Waals surface area contributed by atoms with Crippen LogP contribution in [-0.4, -0.2) is 82.8 Å². The molecule has 0 bridgehead atoms. The van der Waals surface area contributed by atoms with Gasteiger partial charge in [-0.3, -0.25) is 14.4 Å². The standard InChI is InChI=1S/C18H29N5O3S/c24-18(17-13-23(20-19-17)12-15-4-2-1-3-5-15)22-9-7-21(8-10-22)16-6-11-27(25,26)14-16/h13,15-16H,1-12,14H2/t16-/m0/s1. The lowest BCUT2D eigenvalue weighted by Gasteiger charge is -2.37. The highest BCUT2D eigenvalue weighted by molar-refractivity contribution is 7.91. The number of hydrogen-bond donors (Lipinski definition) is 0. The highest BCUT2D eigenvalue weighted by Gasteiger charge is 2.34. The Labute approximate surface area is 160 Å². The average Bonchev–Trinajstić information content (AvgIpc) is 3.28. The fourth-order valence-corrected chi connectivity index (χ4v) is 6.40. The Morgan fingerprint density at radius 2 is 1.81 bits per heavy atom. The Balaban J connectivity index is 1.29. The lowest BCUT2D eigenvalue weighted by Crippen LogP contribution is -2.52. The largest absolute Gasteiger partial charge is 0.335 e. The van der Waals surface area contributed by atoms with Crippen molar-refractivity contribution in [3.05, 3.63) is 11.9 Å². The molecule has 1 amide bonds. The monoisotopic (exact) mass is 395 g/mol. The molecule has 1 aromatic heterocycles. The van der Waals surface area contributed by atoms with E-state index in [-0.39, 0.29) is 17.7 Å². The summed E-state index contributed by atoms with van der Waals surface area (Å²) in [6.07, 6.45) is 8.88. The van der Waals surface area contributed by atoms with Crippen molar-refractivity contribution in [1.29, 1.82) is 0 Å². The minimum Gasteiger partial charge on any atom is -0.335 e. The van der Waals surface area contributed by atoms with Gasteiger partial charge in [-0.25, -0.2) is 8.42 Å². The summed E-state index contributed by atoms with van der Waals surface area (Å²) >= 11 is 0. The van der Waals surface area contributed by atoms with Crippen molar-refractivity contribution in [2.24, 2.45) is 5.92 Å². The third-order valence-corrected chi connectivity index (χ3v) is 8.00. The summed E-state index contributed by atoms with van der Waals surface area (Å²) in [5.41, 5.74) is 0.419. The topological polar surface area (TPSA) is 88.4 Å². The molecule has 0 spiro atoms. The molecule has 3 fully saturated rings. The van der Waals surface area contributed by atoms with E-state index in [4.69, 9.17) is 0 Å². The molecule has 0 radical (unpaired) electrons. The SMILES string of the molecule is O=C(c1cn(CC2CCCCC2)nn1)N1CCN([C@H]2CCS(=O)(=O)C2)CC1. The summed E-state index contributed by atoms with van der Waals surface area (Å²) in [4.78, 5) is 16.8. The Kier molecular flexibility index (Phi) is 5.50. The number of aromatic nitrogens is 3. The van der Waals surface area contributed by atoms with Gasteiger partial charge in [-0.15, -0.1) is 5.10 Å². The molecule has 3 aliphatic rings. The first-order valence-corrected chi connectivity index (χ1v) is 12.0. The van der Waals surface area contributed by atoms with Crippen molar-refractivity contribution in [3.63, 3.8) is 0 Å². The van der Waals surface area contributed by atoms with E-state index in [1.54, 1.807) is 6.20 Å². The third-order valence-electron chi connectivity index (χ3n) is 6.25. The van der Waals surface area contributed by atoms with Crippen molar-refractivity contribution < 1.29 is 13.2 Å². The highest BCUT2D eigenvalue weighted by Crippen LogP contribution is 2.25. The Morgan fingerprint density at radius 3 is 2.48 bits per heavy atom. The first-order valence-electron chi connectivity index (χ1n) is 10.1. The predicted octanol–water partition coefficient (Wildman–Crippen LogP) is 0.803. The first kappa shape index (κ1) is 18.9. The maximum absolute atomic E-state index is 12.7. The van der Waals surface area contributed by atoms with Crippen LogP contribution in [0.1, 0.15) is 49.0 Å². The zero-order valence-corrected chi connectivity index (χ0v) is 16.6. The van der Waals surface area contributed by atoms with E-state index in [0.717, 1.165) is 19.6 Å². The van der Waals surface area contributed by atoms with Gasteiger partial charge in [-0.2, -0.15) is 0 Å². The summed E-state index contributed by atoms with van der Waals surface area (Å²) in [5.74, 6) is 1.13. The maximum atomic E-state index is 12.7. The maximum Gasteiger partial charge on any atom is 0.276 e. The minimum atomic E-state index is -2.87. The molecule has 0 unspecified atom stereocenters. The van der Waals surface area contributed by atoms with Crippen molar-refractivity contribution in [2.75, 3.05) is 37.7 Å². The van der Waals surface area contributed by atoms with Crippen LogP contribution < -0.4 is 0 Å². The number of carbonyl (C=O) groups excluding carboxylic acids is 1. The van der Waals surface area contributed by atoms with Gasteiger partial charge in [-0.05, 0) is 25.2 Å². The van der Waals surface area contributed by atoms with E-state index < -0.39 is 9.84 Å². The zero-order chi connectivity index (χ0) is 18.9. The first-order chi connectivity index (χ1) is 13.0. The van der Waals surface area contributed by atoms with Crippen LogP contribution in [-0.2, 0) is 16.4 Å². The van der Waals surface area contributed by atoms with Crippen molar-refractivity contribution in [1.82, 2.24) is 24.8 Å². The second-order valence-corrected chi connectivity index (χ2v) is 10.4. The van der Waals surface area contributed by atoms with E-state index in [1.165, 1.54) is 32.1 Å². The highest BCUT2D eigenvalue weighted by atomic mass is 32.2. The molecule has 0 N–H and O–H groups in total. The summed E-state index contributed by atoms with van der Waals surface area (Å²) in [5, 5.41) is 8.26. The quantitative estimate of drug-likeness (QED) is 0.749. The second kappa shape index (κ2) is 7.87. The van der Waals surface area contributed by atoms with E-state index in [0.29, 0.717) is 36.9 Å². The molecule has 27 heavy (non-hydrogen) atoms. The van der Waals surface area contributed by atoms with E-state index in [9.17, 15) is 13.2 Å². The van der Waals surface area contributed by atoms with Gasteiger partial charge >= 0.3 is 0 Å². The smallest absolute Gasteiger partial charge is 0.276 e. The van der Waals surface area contributed by atoms with Gasteiger partial charge in [0.15, 0.2) is 15.5 Å². The molecule has 1 aliphatic carbocycles. The number of nitrogens with zero attached hydrogens (tertiary/aromatic N) is 5. The summed E-state index contributed by atoms with van der Waals surface area (Å²) in [6, 6.07) is 0.114. The molecule has 1 atom stereocenters.